The maximum Gasteiger partial charge on any atom is 0.119 e. The van der Waals surface area contributed by atoms with Crippen LogP contribution in [0.2, 0.25) is 0 Å². The van der Waals surface area contributed by atoms with Crippen LogP contribution in [0.15, 0.2) is 60.7 Å². The van der Waals surface area contributed by atoms with Crippen molar-refractivity contribution >= 4 is 0 Å². The number of hydrogen-bond donors (Lipinski definition) is 0. The zero-order chi connectivity index (χ0) is 9.64. The van der Waals surface area contributed by atoms with Gasteiger partial charge in [0.15, 0.2) is 0 Å². The largest absolute Gasteiger partial charge is 0.489 e. The van der Waals surface area contributed by atoms with Gasteiger partial charge in [-0.25, -0.2) is 0 Å². The van der Waals surface area contributed by atoms with Crippen molar-refractivity contribution in [1.29, 1.82) is 0 Å². The second kappa shape index (κ2) is 4.47. The molecule has 0 unspecified atom stereocenters. The molecule has 0 spiro atoms. The van der Waals surface area contributed by atoms with Crippen molar-refractivity contribution in [3.63, 3.8) is 0 Å². The third kappa shape index (κ3) is 2.36. The van der Waals surface area contributed by atoms with E-state index in [-0.39, 0.29) is 0 Å². The molecule has 1 nitrogen and oxygen atoms in total. The number of ether oxygens (including phenoxy) is 1. The maximum absolute atomic E-state index is 5.59. The number of hydrogen-bond acceptors (Lipinski definition) is 1. The van der Waals surface area contributed by atoms with Crippen molar-refractivity contribution in [2.45, 2.75) is 6.61 Å². The van der Waals surface area contributed by atoms with Crippen molar-refractivity contribution in [3.8, 4) is 5.75 Å². The summed E-state index contributed by atoms with van der Waals surface area (Å²) in [7, 11) is 0. The average Bonchev–Trinajstić information content (AvgIpc) is 2.29. The first kappa shape index (κ1) is 8.82. The molecule has 0 saturated carbocycles. The quantitative estimate of drug-likeness (QED) is 0.711. The minimum absolute atomic E-state index is 0.630. The van der Waals surface area contributed by atoms with E-state index in [1.54, 1.807) is 0 Å². The maximum atomic E-state index is 5.59. The standard InChI is InChI=1S/C13H12O/c1-3-7-12(8-4-1)11-14-13-9-5-2-6-10-13/h1-10H,11H2. The SMILES string of the molecule is c1ccc(COc2ccccc2)cc1. The van der Waals surface area contributed by atoms with E-state index in [1.807, 2.05) is 48.5 Å². The van der Waals surface area contributed by atoms with Gasteiger partial charge in [0.2, 0.25) is 0 Å². The molecule has 2 aromatic carbocycles. The predicted octanol–water partition coefficient (Wildman–Crippen LogP) is 3.27. The highest BCUT2D eigenvalue weighted by Gasteiger charge is 1.92. The average molecular weight is 184 g/mol. The van der Waals surface area contributed by atoms with Crippen LogP contribution >= 0.6 is 0 Å². The van der Waals surface area contributed by atoms with Crippen LogP contribution in [0.1, 0.15) is 5.56 Å². The van der Waals surface area contributed by atoms with E-state index in [9.17, 15) is 0 Å². The molecule has 0 radical (unpaired) electrons. The van der Waals surface area contributed by atoms with Crippen LogP contribution in [0.5, 0.6) is 5.75 Å². The molecule has 0 bridgehead atoms. The Balaban J connectivity index is 1.96. The molecule has 0 amide bonds. The first-order valence-electron chi connectivity index (χ1n) is 4.67. The highest BCUT2D eigenvalue weighted by atomic mass is 16.5. The Labute approximate surface area is 84.0 Å². The molecular formula is C13H12O. The number of para-hydroxylation sites is 1. The molecule has 0 aliphatic carbocycles. The molecule has 2 rings (SSSR count). The van der Waals surface area contributed by atoms with Crippen LogP contribution in [0.4, 0.5) is 0 Å². The summed E-state index contributed by atoms with van der Waals surface area (Å²) in [4.78, 5) is 0. The fourth-order valence-electron chi connectivity index (χ4n) is 1.26. The Hall–Kier alpha value is -1.76. The monoisotopic (exact) mass is 184 g/mol. The topological polar surface area (TPSA) is 9.23 Å². The second-order valence-electron chi connectivity index (χ2n) is 3.09. The van der Waals surface area contributed by atoms with Crippen molar-refractivity contribution in [1.82, 2.24) is 0 Å². The molecule has 14 heavy (non-hydrogen) atoms. The van der Waals surface area contributed by atoms with Gasteiger partial charge in [-0.3, -0.25) is 0 Å². The highest BCUT2D eigenvalue weighted by molar-refractivity contribution is 5.22. The van der Waals surface area contributed by atoms with E-state index in [1.165, 1.54) is 5.56 Å². The normalized spacial score (nSPS) is 9.71. The summed E-state index contributed by atoms with van der Waals surface area (Å²) in [5.74, 6) is 0.913. The van der Waals surface area contributed by atoms with Crippen molar-refractivity contribution in [2.24, 2.45) is 0 Å². The minimum atomic E-state index is 0.630. The van der Waals surface area contributed by atoms with E-state index in [0.29, 0.717) is 6.61 Å². The third-order valence-electron chi connectivity index (χ3n) is 1.99. The fourth-order valence-corrected chi connectivity index (χ4v) is 1.26. The minimum Gasteiger partial charge on any atom is -0.489 e. The van der Waals surface area contributed by atoms with Gasteiger partial charge in [0.05, 0.1) is 0 Å². The van der Waals surface area contributed by atoms with Gasteiger partial charge in [-0.1, -0.05) is 48.5 Å². The van der Waals surface area contributed by atoms with E-state index in [4.69, 9.17) is 4.74 Å². The zero-order valence-corrected chi connectivity index (χ0v) is 7.89. The molecule has 0 saturated heterocycles. The first-order chi connectivity index (χ1) is 6.95. The van der Waals surface area contributed by atoms with Crippen LogP contribution in [-0.2, 0) is 6.61 Å². The Morgan fingerprint density at radius 1 is 0.714 bits per heavy atom. The lowest BCUT2D eigenvalue weighted by Crippen LogP contribution is -1.94. The summed E-state index contributed by atoms with van der Waals surface area (Å²) in [5.41, 5.74) is 1.19. The van der Waals surface area contributed by atoms with E-state index in [2.05, 4.69) is 12.1 Å². The van der Waals surface area contributed by atoms with Gasteiger partial charge < -0.3 is 4.74 Å². The molecule has 0 aliphatic rings. The van der Waals surface area contributed by atoms with Gasteiger partial charge in [0.25, 0.3) is 0 Å². The Morgan fingerprint density at radius 2 is 1.29 bits per heavy atom. The summed E-state index contributed by atoms with van der Waals surface area (Å²) in [6.07, 6.45) is 0. The van der Waals surface area contributed by atoms with Crippen molar-refractivity contribution in [2.75, 3.05) is 0 Å². The molecular weight excluding hydrogens is 172 g/mol. The lowest BCUT2D eigenvalue weighted by atomic mass is 10.2. The van der Waals surface area contributed by atoms with E-state index in [0.717, 1.165) is 5.75 Å². The van der Waals surface area contributed by atoms with Crippen LogP contribution in [-0.4, -0.2) is 0 Å². The van der Waals surface area contributed by atoms with E-state index < -0.39 is 0 Å². The van der Waals surface area contributed by atoms with Crippen molar-refractivity contribution in [3.05, 3.63) is 66.2 Å². The van der Waals surface area contributed by atoms with Crippen LogP contribution < -0.4 is 4.74 Å². The Kier molecular flexibility index (Phi) is 2.82. The Morgan fingerprint density at radius 3 is 1.93 bits per heavy atom. The lowest BCUT2D eigenvalue weighted by molar-refractivity contribution is 0.306. The summed E-state index contributed by atoms with van der Waals surface area (Å²) in [6.45, 7) is 0.630. The van der Waals surface area contributed by atoms with Gasteiger partial charge in [-0.2, -0.15) is 0 Å². The number of benzene rings is 2. The van der Waals surface area contributed by atoms with E-state index >= 15 is 0 Å². The van der Waals surface area contributed by atoms with Gasteiger partial charge >= 0.3 is 0 Å². The molecule has 70 valence electrons. The second-order valence-corrected chi connectivity index (χ2v) is 3.09. The summed E-state index contributed by atoms with van der Waals surface area (Å²) >= 11 is 0. The molecule has 0 aliphatic heterocycles. The lowest BCUT2D eigenvalue weighted by Gasteiger charge is -2.05. The molecule has 0 aromatic heterocycles. The highest BCUT2D eigenvalue weighted by Crippen LogP contribution is 2.10. The van der Waals surface area contributed by atoms with Gasteiger partial charge in [0, 0.05) is 0 Å². The van der Waals surface area contributed by atoms with Gasteiger partial charge in [-0.05, 0) is 17.7 Å². The van der Waals surface area contributed by atoms with Crippen LogP contribution in [0, 0.1) is 0 Å². The zero-order valence-electron chi connectivity index (χ0n) is 7.89. The molecule has 0 N–H and O–H groups in total. The molecule has 0 atom stereocenters. The number of rotatable bonds is 3. The summed E-state index contributed by atoms with van der Waals surface area (Å²) < 4.78 is 5.59. The first-order valence-corrected chi connectivity index (χ1v) is 4.67. The van der Waals surface area contributed by atoms with Crippen molar-refractivity contribution < 1.29 is 4.74 Å². The van der Waals surface area contributed by atoms with Crippen LogP contribution in [0.3, 0.4) is 0 Å². The molecule has 0 fully saturated rings. The fraction of sp³-hybridized carbons (Fsp3) is 0.0769. The smallest absolute Gasteiger partial charge is 0.119 e. The van der Waals surface area contributed by atoms with Gasteiger partial charge in [0.1, 0.15) is 12.4 Å². The molecule has 1 heteroatoms. The summed E-state index contributed by atoms with van der Waals surface area (Å²) in [6, 6.07) is 20.0. The Bertz CT molecular complexity index is 327. The molecule has 0 heterocycles. The third-order valence-corrected chi connectivity index (χ3v) is 1.99. The predicted molar refractivity (Wildman–Crippen MR) is 57.2 cm³/mol. The summed E-state index contributed by atoms with van der Waals surface area (Å²) in [5, 5.41) is 0. The van der Waals surface area contributed by atoms with Crippen LogP contribution in [0.25, 0.3) is 0 Å². The molecule has 2 aromatic rings. The van der Waals surface area contributed by atoms with Gasteiger partial charge in [-0.15, -0.1) is 0 Å².